The van der Waals surface area contributed by atoms with E-state index in [9.17, 15) is 4.79 Å². The second-order valence-corrected chi connectivity index (χ2v) is 5.28. The molecule has 0 spiro atoms. The molecule has 1 heterocycles. The average molecular weight is 307 g/mol. The van der Waals surface area contributed by atoms with Gasteiger partial charge in [0.1, 0.15) is 5.69 Å². The van der Waals surface area contributed by atoms with Crippen molar-refractivity contribution >= 4 is 17.5 Å². The highest BCUT2D eigenvalue weighted by Gasteiger charge is 2.21. The lowest BCUT2D eigenvalue weighted by molar-refractivity contribution is 0.0797. The van der Waals surface area contributed by atoms with Gasteiger partial charge in [-0.2, -0.15) is 5.10 Å². The Morgan fingerprint density at radius 3 is 2.81 bits per heavy atom. The van der Waals surface area contributed by atoms with Gasteiger partial charge in [0.2, 0.25) is 0 Å². The van der Waals surface area contributed by atoms with Crippen LogP contribution in [0.1, 0.15) is 10.4 Å². The maximum Gasteiger partial charge on any atom is 0.257 e. The average Bonchev–Trinajstić information content (AvgIpc) is 2.86. The molecule has 1 N–H and O–H groups in total. The van der Waals surface area contributed by atoms with Gasteiger partial charge in [0, 0.05) is 38.9 Å². The molecule has 112 valence electrons. The predicted octanol–water partition coefficient (Wildman–Crippen LogP) is 2.03. The van der Waals surface area contributed by atoms with Crippen LogP contribution in [0.4, 0.5) is 0 Å². The number of halogens is 1. The predicted molar refractivity (Wildman–Crippen MR) is 84.5 cm³/mol. The van der Waals surface area contributed by atoms with E-state index >= 15 is 0 Å². The number of nitrogens with zero attached hydrogens (tertiary/aromatic N) is 3. The van der Waals surface area contributed by atoms with Gasteiger partial charge in [0.05, 0.1) is 10.6 Å². The van der Waals surface area contributed by atoms with Gasteiger partial charge in [0.25, 0.3) is 5.91 Å². The van der Waals surface area contributed by atoms with Crippen molar-refractivity contribution in [3.8, 4) is 11.3 Å². The number of rotatable bonds is 5. The van der Waals surface area contributed by atoms with Crippen LogP contribution in [0.5, 0.6) is 0 Å². The molecule has 0 aliphatic carbocycles. The Bertz CT molecular complexity index is 638. The zero-order valence-electron chi connectivity index (χ0n) is 12.4. The minimum absolute atomic E-state index is 0.0618. The van der Waals surface area contributed by atoms with Gasteiger partial charge in [-0.05, 0) is 13.1 Å². The number of amides is 1. The smallest absolute Gasteiger partial charge is 0.257 e. The summed E-state index contributed by atoms with van der Waals surface area (Å²) in [7, 11) is 5.44. The van der Waals surface area contributed by atoms with E-state index in [1.165, 1.54) is 0 Å². The SMILES string of the molecule is CNCCN(C)C(=O)c1cn(C)nc1-c1ccccc1Cl. The third-order valence-corrected chi connectivity index (χ3v) is 3.56. The fourth-order valence-electron chi connectivity index (χ4n) is 2.08. The number of likely N-dealkylation sites (N-methyl/N-ethyl adjacent to an activating group) is 2. The molecule has 0 saturated carbocycles. The minimum Gasteiger partial charge on any atom is -0.340 e. The van der Waals surface area contributed by atoms with E-state index in [1.807, 2.05) is 25.2 Å². The number of hydrogen-bond acceptors (Lipinski definition) is 3. The standard InChI is InChI=1S/C15H19ClN4O/c1-17-8-9-19(2)15(21)12-10-20(3)18-14(12)11-6-4-5-7-13(11)16/h4-7,10,17H,8-9H2,1-3H3. The maximum absolute atomic E-state index is 12.6. The van der Waals surface area contributed by atoms with Gasteiger partial charge < -0.3 is 10.2 Å². The molecule has 0 aliphatic heterocycles. The number of carbonyl (C=O) groups is 1. The van der Waals surface area contributed by atoms with Crippen molar-refractivity contribution in [2.75, 3.05) is 27.2 Å². The van der Waals surface area contributed by atoms with E-state index in [4.69, 9.17) is 11.6 Å². The van der Waals surface area contributed by atoms with Crippen LogP contribution < -0.4 is 5.32 Å². The van der Waals surface area contributed by atoms with Crippen LogP contribution >= 0.6 is 11.6 Å². The summed E-state index contributed by atoms with van der Waals surface area (Å²) in [4.78, 5) is 14.2. The van der Waals surface area contributed by atoms with E-state index < -0.39 is 0 Å². The lowest BCUT2D eigenvalue weighted by Crippen LogP contribution is -2.32. The highest BCUT2D eigenvalue weighted by Crippen LogP contribution is 2.29. The van der Waals surface area contributed by atoms with Crippen LogP contribution in [0.2, 0.25) is 5.02 Å². The van der Waals surface area contributed by atoms with E-state index in [2.05, 4.69) is 10.4 Å². The largest absolute Gasteiger partial charge is 0.340 e. The summed E-state index contributed by atoms with van der Waals surface area (Å²) in [5.74, 6) is -0.0618. The van der Waals surface area contributed by atoms with Crippen molar-refractivity contribution in [2.24, 2.45) is 7.05 Å². The van der Waals surface area contributed by atoms with Gasteiger partial charge in [-0.1, -0.05) is 29.8 Å². The van der Waals surface area contributed by atoms with Crippen molar-refractivity contribution in [1.29, 1.82) is 0 Å². The van der Waals surface area contributed by atoms with Crippen molar-refractivity contribution in [3.05, 3.63) is 41.0 Å². The van der Waals surface area contributed by atoms with Gasteiger partial charge in [-0.3, -0.25) is 9.48 Å². The number of benzene rings is 1. The third kappa shape index (κ3) is 3.43. The van der Waals surface area contributed by atoms with Crippen LogP contribution in [0.3, 0.4) is 0 Å². The maximum atomic E-state index is 12.6. The van der Waals surface area contributed by atoms with Gasteiger partial charge in [-0.15, -0.1) is 0 Å². The molecule has 0 atom stereocenters. The number of aromatic nitrogens is 2. The van der Waals surface area contributed by atoms with Crippen molar-refractivity contribution in [2.45, 2.75) is 0 Å². The molecule has 21 heavy (non-hydrogen) atoms. The number of nitrogens with one attached hydrogen (secondary N) is 1. The Labute approximate surface area is 129 Å². The second-order valence-electron chi connectivity index (χ2n) is 4.88. The molecule has 0 aliphatic rings. The van der Waals surface area contributed by atoms with Crippen LogP contribution in [-0.4, -0.2) is 47.8 Å². The molecule has 0 bridgehead atoms. The molecule has 0 unspecified atom stereocenters. The summed E-state index contributed by atoms with van der Waals surface area (Å²) in [5, 5.41) is 8.01. The molecular formula is C15H19ClN4O. The summed E-state index contributed by atoms with van der Waals surface area (Å²) in [6, 6.07) is 7.41. The van der Waals surface area contributed by atoms with Crippen molar-refractivity contribution in [3.63, 3.8) is 0 Å². The monoisotopic (exact) mass is 306 g/mol. The fourth-order valence-corrected chi connectivity index (χ4v) is 2.31. The second kappa shape index (κ2) is 6.74. The van der Waals surface area contributed by atoms with E-state index in [0.29, 0.717) is 22.8 Å². The van der Waals surface area contributed by atoms with Crippen LogP contribution in [0.25, 0.3) is 11.3 Å². The molecule has 6 heteroatoms. The Balaban J connectivity index is 2.38. The summed E-state index contributed by atoms with van der Waals surface area (Å²) in [6.45, 7) is 1.37. The molecular weight excluding hydrogens is 288 g/mol. The Morgan fingerprint density at radius 2 is 2.14 bits per heavy atom. The summed E-state index contributed by atoms with van der Waals surface area (Å²) in [6.07, 6.45) is 1.73. The highest BCUT2D eigenvalue weighted by molar-refractivity contribution is 6.33. The van der Waals surface area contributed by atoms with Crippen molar-refractivity contribution in [1.82, 2.24) is 20.0 Å². The molecule has 1 aromatic heterocycles. The molecule has 1 aromatic carbocycles. The van der Waals surface area contributed by atoms with Crippen LogP contribution in [-0.2, 0) is 7.05 Å². The first-order chi connectivity index (χ1) is 10.0. The highest BCUT2D eigenvalue weighted by atomic mass is 35.5. The zero-order chi connectivity index (χ0) is 15.4. The van der Waals surface area contributed by atoms with Gasteiger partial charge >= 0.3 is 0 Å². The van der Waals surface area contributed by atoms with E-state index in [1.54, 1.807) is 35.9 Å². The first-order valence-corrected chi connectivity index (χ1v) is 7.11. The molecule has 0 fully saturated rings. The van der Waals surface area contributed by atoms with Gasteiger partial charge in [0.15, 0.2) is 0 Å². The third-order valence-electron chi connectivity index (χ3n) is 3.23. The van der Waals surface area contributed by atoms with Crippen LogP contribution in [0.15, 0.2) is 30.5 Å². The van der Waals surface area contributed by atoms with Crippen LogP contribution in [0, 0.1) is 0 Å². The lowest BCUT2D eigenvalue weighted by atomic mass is 10.1. The zero-order valence-corrected chi connectivity index (χ0v) is 13.2. The summed E-state index contributed by atoms with van der Waals surface area (Å²) >= 11 is 6.22. The lowest BCUT2D eigenvalue weighted by Gasteiger charge is -2.16. The minimum atomic E-state index is -0.0618. The Hall–Kier alpha value is -1.85. The van der Waals surface area contributed by atoms with Crippen molar-refractivity contribution < 1.29 is 4.79 Å². The molecule has 0 saturated heterocycles. The van der Waals surface area contributed by atoms with E-state index in [0.717, 1.165) is 12.1 Å². The quantitative estimate of drug-likeness (QED) is 0.919. The molecule has 2 rings (SSSR count). The summed E-state index contributed by atoms with van der Waals surface area (Å²) < 4.78 is 1.64. The first kappa shape index (κ1) is 15.5. The first-order valence-electron chi connectivity index (χ1n) is 6.73. The fraction of sp³-hybridized carbons (Fsp3) is 0.333. The van der Waals surface area contributed by atoms with E-state index in [-0.39, 0.29) is 5.91 Å². The Morgan fingerprint density at radius 1 is 1.43 bits per heavy atom. The summed E-state index contributed by atoms with van der Waals surface area (Å²) in [5.41, 5.74) is 1.94. The molecule has 2 aromatic rings. The molecule has 1 amide bonds. The van der Waals surface area contributed by atoms with Gasteiger partial charge in [-0.25, -0.2) is 0 Å². The topological polar surface area (TPSA) is 50.2 Å². The normalized spacial score (nSPS) is 10.7. The molecule has 5 nitrogen and oxygen atoms in total. The number of carbonyl (C=O) groups excluding carboxylic acids is 1. The molecule has 0 radical (unpaired) electrons. The number of aryl methyl sites for hydroxylation is 1. The Kier molecular flexibility index (Phi) is 4.98. The number of hydrogen-bond donors (Lipinski definition) is 1.